The molecule has 0 radical (unpaired) electrons. The maximum Gasteiger partial charge on any atom is 0.122 e. The lowest BCUT2D eigenvalue weighted by Gasteiger charge is -2.21. The van der Waals surface area contributed by atoms with Crippen LogP contribution in [0.2, 0.25) is 0 Å². The summed E-state index contributed by atoms with van der Waals surface area (Å²) >= 11 is 0. The summed E-state index contributed by atoms with van der Waals surface area (Å²) in [7, 11) is 0. The fourth-order valence-corrected chi connectivity index (χ4v) is 2.69. The molecule has 0 aliphatic heterocycles. The normalized spacial score (nSPS) is 12.1. The van der Waals surface area contributed by atoms with Crippen LogP contribution in [0, 0.1) is 0 Å². The van der Waals surface area contributed by atoms with Gasteiger partial charge in [0.05, 0.1) is 11.2 Å². The van der Waals surface area contributed by atoms with E-state index in [1.165, 1.54) is 0 Å². The van der Waals surface area contributed by atoms with Crippen LogP contribution in [-0.2, 0) is 11.2 Å². The van der Waals surface area contributed by atoms with Gasteiger partial charge in [0.25, 0.3) is 0 Å². The second-order valence-electron chi connectivity index (χ2n) is 7.31. The van der Waals surface area contributed by atoms with Crippen molar-refractivity contribution in [2.24, 2.45) is 0 Å². The van der Waals surface area contributed by atoms with Crippen LogP contribution in [0.1, 0.15) is 38.8 Å². The van der Waals surface area contributed by atoms with E-state index < -0.39 is 11.2 Å². The smallest absolute Gasteiger partial charge is 0.122 e. The molecule has 142 valence electrons. The van der Waals surface area contributed by atoms with E-state index >= 15 is 0 Å². The number of hydrogen-bond acceptors (Lipinski definition) is 6. The number of nitrogens with two attached hydrogens (primary N) is 2. The van der Waals surface area contributed by atoms with Gasteiger partial charge in [-0.25, -0.2) is 0 Å². The Morgan fingerprint density at radius 3 is 1.35 bits per heavy atom. The van der Waals surface area contributed by atoms with Crippen LogP contribution in [-0.4, -0.2) is 23.4 Å². The van der Waals surface area contributed by atoms with Crippen molar-refractivity contribution >= 4 is 11.4 Å². The molecule has 0 aliphatic rings. The Bertz CT molecular complexity index is 696. The van der Waals surface area contributed by atoms with Crippen molar-refractivity contribution in [3.05, 3.63) is 47.5 Å². The van der Waals surface area contributed by atoms with Crippen molar-refractivity contribution in [1.29, 1.82) is 0 Å². The summed E-state index contributed by atoms with van der Waals surface area (Å²) in [5.41, 5.74) is 12.2. The Labute approximate surface area is 154 Å². The van der Waals surface area contributed by atoms with Gasteiger partial charge in [-0.2, -0.15) is 0 Å². The summed E-state index contributed by atoms with van der Waals surface area (Å²) in [6.07, 6.45) is 0. The molecule has 2 aromatic carbocycles. The summed E-state index contributed by atoms with van der Waals surface area (Å²) in [5.74, 6) is 1.21. The van der Waals surface area contributed by atoms with E-state index in [0.717, 1.165) is 0 Å². The van der Waals surface area contributed by atoms with Crippen LogP contribution < -0.4 is 20.9 Å². The molecule has 6 nitrogen and oxygen atoms in total. The number of aliphatic hydroxyl groups is 2. The molecule has 2 rings (SSSR count). The average molecular weight is 360 g/mol. The molecule has 0 spiro atoms. The summed E-state index contributed by atoms with van der Waals surface area (Å²) in [4.78, 5) is 0. The second kappa shape index (κ2) is 7.43. The third-order valence-corrected chi connectivity index (χ3v) is 3.99. The number of benzene rings is 2. The van der Waals surface area contributed by atoms with E-state index in [-0.39, 0.29) is 0 Å². The first kappa shape index (κ1) is 19.9. The van der Waals surface area contributed by atoms with Crippen LogP contribution in [0.15, 0.2) is 36.4 Å². The Hall–Kier alpha value is -2.44. The van der Waals surface area contributed by atoms with Gasteiger partial charge in [-0.15, -0.1) is 0 Å². The van der Waals surface area contributed by atoms with Gasteiger partial charge in [-0.1, -0.05) is 12.1 Å². The van der Waals surface area contributed by atoms with Crippen molar-refractivity contribution in [3.63, 3.8) is 0 Å². The maximum atomic E-state index is 10.0. The predicted molar refractivity (Wildman–Crippen MR) is 103 cm³/mol. The van der Waals surface area contributed by atoms with Gasteiger partial charge in [-0.3, -0.25) is 0 Å². The molecule has 0 atom stereocenters. The van der Waals surface area contributed by atoms with Gasteiger partial charge >= 0.3 is 0 Å². The highest BCUT2D eigenvalue weighted by Crippen LogP contribution is 2.30. The molecule has 6 heteroatoms. The summed E-state index contributed by atoms with van der Waals surface area (Å²) in [5, 5.41) is 20.1. The van der Waals surface area contributed by atoms with Gasteiger partial charge in [0.1, 0.15) is 24.7 Å². The van der Waals surface area contributed by atoms with Crippen molar-refractivity contribution in [2.45, 2.75) is 38.9 Å². The predicted octanol–water partition coefficient (Wildman–Crippen LogP) is 2.76. The van der Waals surface area contributed by atoms with E-state index in [2.05, 4.69) is 0 Å². The van der Waals surface area contributed by atoms with Crippen molar-refractivity contribution in [3.8, 4) is 11.5 Å². The molecular weight excluding hydrogens is 332 g/mol. The average Bonchev–Trinajstić information content (AvgIpc) is 2.49. The lowest BCUT2D eigenvalue weighted by Crippen LogP contribution is -2.18. The number of hydrogen-bond donors (Lipinski definition) is 4. The summed E-state index contributed by atoms with van der Waals surface area (Å²) in [6.45, 7) is 7.39. The van der Waals surface area contributed by atoms with Gasteiger partial charge in [0.15, 0.2) is 0 Å². The first-order chi connectivity index (χ1) is 12.0. The fourth-order valence-electron chi connectivity index (χ4n) is 2.69. The molecule has 0 unspecified atom stereocenters. The van der Waals surface area contributed by atoms with E-state index in [9.17, 15) is 10.2 Å². The molecular formula is C20H28N2O4. The van der Waals surface area contributed by atoms with Crippen LogP contribution in [0.4, 0.5) is 11.4 Å². The Balaban J connectivity index is 1.89. The van der Waals surface area contributed by atoms with Crippen LogP contribution in [0.25, 0.3) is 0 Å². The van der Waals surface area contributed by atoms with Crippen molar-refractivity contribution in [2.75, 3.05) is 24.7 Å². The third kappa shape index (κ3) is 5.03. The van der Waals surface area contributed by atoms with E-state index in [1.807, 2.05) is 0 Å². The largest absolute Gasteiger partial charge is 0.490 e. The highest BCUT2D eigenvalue weighted by Gasteiger charge is 2.20. The Morgan fingerprint density at radius 2 is 1.08 bits per heavy atom. The first-order valence-corrected chi connectivity index (χ1v) is 8.49. The minimum Gasteiger partial charge on any atom is -0.490 e. The minimum absolute atomic E-state index is 0.328. The van der Waals surface area contributed by atoms with Gasteiger partial charge in [-0.05, 0) is 39.8 Å². The highest BCUT2D eigenvalue weighted by atomic mass is 16.5. The monoisotopic (exact) mass is 360 g/mol. The highest BCUT2D eigenvalue weighted by molar-refractivity contribution is 5.54. The molecule has 0 aromatic heterocycles. The molecule has 6 N–H and O–H groups in total. The summed E-state index contributed by atoms with van der Waals surface area (Å²) in [6, 6.07) is 10.4. The van der Waals surface area contributed by atoms with E-state index in [1.54, 1.807) is 64.1 Å². The van der Waals surface area contributed by atoms with Crippen LogP contribution in [0.3, 0.4) is 0 Å². The molecule has 0 saturated carbocycles. The fraction of sp³-hybridized carbons (Fsp3) is 0.400. The van der Waals surface area contributed by atoms with Crippen molar-refractivity contribution in [1.82, 2.24) is 0 Å². The molecule has 26 heavy (non-hydrogen) atoms. The number of ether oxygens (including phenoxy) is 2. The quantitative estimate of drug-likeness (QED) is 0.446. The second-order valence-corrected chi connectivity index (χ2v) is 7.31. The maximum absolute atomic E-state index is 10.0. The topological polar surface area (TPSA) is 111 Å². The zero-order chi connectivity index (χ0) is 19.5. The lowest BCUT2D eigenvalue weighted by atomic mass is 9.96. The molecule has 0 amide bonds. The molecule has 2 aromatic rings. The Morgan fingerprint density at radius 1 is 0.731 bits per heavy atom. The number of nitrogen functional groups attached to an aromatic ring is 2. The standard InChI is InChI=1S/C20H28N2O4/c1-19(2,23)15-7-5-13(11-17(15)21)25-9-10-26-14-6-8-16(18(22)12-14)20(3,4)24/h5-8,11-12,23-24H,9-10,21-22H2,1-4H3. The zero-order valence-electron chi connectivity index (χ0n) is 15.7. The van der Waals surface area contributed by atoms with Crippen molar-refractivity contribution < 1.29 is 19.7 Å². The van der Waals surface area contributed by atoms with Gasteiger partial charge in [0, 0.05) is 34.6 Å². The zero-order valence-corrected chi connectivity index (χ0v) is 15.7. The van der Waals surface area contributed by atoms with Gasteiger partial charge in [0.2, 0.25) is 0 Å². The molecule has 0 heterocycles. The van der Waals surface area contributed by atoms with E-state index in [0.29, 0.717) is 47.2 Å². The number of rotatable bonds is 7. The number of anilines is 2. The Kier molecular flexibility index (Phi) is 5.68. The molecule has 0 saturated heterocycles. The van der Waals surface area contributed by atoms with Crippen LogP contribution >= 0.6 is 0 Å². The molecule has 0 fully saturated rings. The van der Waals surface area contributed by atoms with Crippen LogP contribution in [0.5, 0.6) is 11.5 Å². The summed E-state index contributed by atoms with van der Waals surface area (Å²) < 4.78 is 11.3. The first-order valence-electron chi connectivity index (χ1n) is 8.49. The SMILES string of the molecule is CC(C)(O)c1ccc(OCCOc2ccc(C(C)(C)O)c(N)c2)cc1N. The lowest BCUT2D eigenvalue weighted by molar-refractivity contribution is 0.0787. The third-order valence-electron chi connectivity index (χ3n) is 3.99. The van der Waals surface area contributed by atoms with Gasteiger partial charge < -0.3 is 31.2 Å². The minimum atomic E-state index is -0.999. The molecule has 0 bridgehead atoms. The van der Waals surface area contributed by atoms with E-state index in [4.69, 9.17) is 20.9 Å². The molecule has 0 aliphatic carbocycles.